The molecule has 1 N–H and O–H groups in total. The van der Waals surface area contributed by atoms with Gasteiger partial charge in [0.1, 0.15) is 10.8 Å². The zero-order chi connectivity index (χ0) is 22.2. The molecule has 0 atom stereocenters. The third kappa shape index (κ3) is 4.73. The molecule has 0 aliphatic carbocycles. The Balaban J connectivity index is 2.03. The van der Waals surface area contributed by atoms with Crippen LogP contribution in [0.5, 0.6) is 5.88 Å². The molecule has 2 aromatic heterocycles. The Labute approximate surface area is 178 Å². The standard InChI is InChI=1S/C20H21ClFN3O4S/c1-11(2)10-29-20-16(21)5-12(8-23-20)15-9-25(3)18-7-14(17(22)6-13(15)18)19(26)24-30(4,27)28/h5-9,11H,10H2,1-4H3,(H,24,26). The van der Waals surface area contributed by atoms with Gasteiger partial charge < -0.3 is 9.30 Å². The maximum absolute atomic E-state index is 14.6. The lowest BCUT2D eigenvalue weighted by Crippen LogP contribution is -2.30. The molecule has 30 heavy (non-hydrogen) atoms. The van der Waals surface area contributed by atoms with Crippen molar-refractivity contribution in [3.8, 4) is 17.0 Å². The van der Waals surface area contributed by atoms with Gasteiger partial charge in [0.2, 0.25) is 15.9 Å². The molecule has 0 radical (unpaired) electrons. The van der Waals surface area contributed by atoms with Crippen molar-refractivity contribution in [2.45, 2.75) is 13.8 Å². The second-order valence-corrected chi connectivity index (χ2v) is 9.58. The van der Waals surface area contributed by atoms with Gasteiger partial charge in [-0.3, -0.25) is 4.79 Å². The van der Waals surface area contributed by atoms with Crippen LogP contribution < -0.4 is 9.46 Å². The number of ether oxygens (including phenoxy) is 1. The molecular formula is C20H21ClFN3O4S. The first-order valence-electron chi connectivity index (χ1n) is 9.05. The van der Waals surface area contributed by atoms with Crippen molar-refractivity contribution in [3.05, 3.63) is 47.0 Å². The maximum Gasteiger partial charge on any atom is 0.267 e. The quantitative estimate of drug-likeness (QED) is 0.613. The fourth-order valence-electron chi connectivity index (χ4n) is 2.95. The van der Waals surface area contributed by atoms with Gasteiger partial charge in [-0.25, -0.2) is 22.5 Å². The van der Waals surface area contributed by atoms with Crippen LogP contribution >= 0.6 is 11.6 Å². The minimum absolute atomic E-state index is 0.317. The molecule has 7 nitrogen and oxygen atoms in total. The molecule has 0 bridgehead atoms. The van der Waals surface area contributed by atoms with Gasteiger partial charge in [-0.05, 0) is 24.1 Å². The van der Waals surface area contributed by atoms with Crippen LogP contribution in [-0.2, 0) is 17.1 Å². The van der Waals surface area contributed by atoms with Gasteiger partial charge in [0.15, 0.2) is 0 Å². The molecule has 10 heteroatoms. The summed E-state index contributed by atoms with van der Waals surface area (Å²) in [5.74, 6) is -1.24. The lowest BCUT2D eigenvalue weighted by atomic mass is 10.0. The highest BCUT2D eigenvalue weighted by Gasteiger charge is 2.20. The predicted octanol–water partition coefficient (Wildman–Crippen LogP) is 3.76. The van der Waals surface area contributed by atoms with Gasteiger partial charge in [-0.2, -0.15) is 0 Å². The second kappa shape index (κ2) is 8.23. The number of carbonyl (C=O) groups excluding carboxylic acids is 1. The van der Waals surface area contributed by atoms with Crippen LogP contribution in [0.3, 0.4) is 0 Å². The number of amides is 1. The Kier molecular flexibility index (Phi) is 6.05. The smallest absolute Gasteiger partial charge is 0.267 e. The Morgan fingerprint density at radius 2 is 2.03 bits per heavy atom. The van der Waals surface area contributed by atoms with E-state index in [0.717, 1.165) is 6.26 Å². The molecule has 0 saturated heterocycles. The normalized spacial score (nSPS) is 11.8. The molecule has 1 amide bonds. The number of benzene rings is 1. The molecule has 0 aliphatic rings. The van der Waals surface area contributed by atoms with Crippen molar-refractivity contribution in [3.63, 3.8) is 0 Å². The van der Waals surface area contributed by atoms with Crippen LogP contribution in [0, 0.1) is 11.7 Å². The Hall–Kier alpha value is -2.65. The van der Waals surface area contributed by atoms with Crippen LogP contribution in [0.1, 0.15) is 24.2 Å². The molecule has 160 valence electrons. The third-order valence-corrected chi connectivity index (χ3v) is 5.10. The monoisotopic (exact) mass is 453 g/mol. The van der Waals surface area contributed by atoms with E-state index in [1.807, 2.05) is 13.8 Å². The fourth-order valence-corrected chi connectivity index (χ4v) is 3.62. The molecule has 0 fully saturated rings. The van der Waals surface area contributed by atoms with Crippen LogP contribution in [0.4, 0.5) is 4.39 Å². The molecule has 0 saturated carbocycles. The van der Waals surface area contributed by atoms with E-state index in [1.165, 1.54) is 12.1 Å². The number of halogens is 2. The number of sulfonamides is 1. The van der Waals surface area contributed by atoms with Crippen LogP contribution in [0.2, 0.25) is 5.02 Å². The Morgan fingerprint density at radius 3 is 2.63 bits per heavy atom. The third-order valence-electron chi connectivity index (χ3n) is 4.27. The summed E-state index contributed by atoms with van der Waals surface area (Å²) in [6, 6.07) is 4.18. The molecule has 2 heterocycles. The molecule has 0 unspecified atom stereocenters. The van der Waals surface area contributed by atoms with Gasteiger partial charge in [0.05, 0.1) is 18.4 Å². The lowest BCUT2D eigenvalue weighted by Gasteiger charge is -2.10. The minimum atomic E-state index is -3.82. The van der Waals surface area contributed by atoms with Crippen molar-refractivity contribution in [1.29, 1.82) is 0 Å². The van der Waals surface area contributed by atoms with E-state index in [0.29, 0.717) is 45.5 Å². The van der Waals surface area contributed by atoms with E-state index in [2.05, 4.69) is 4.98 Å². The predicted molar refractivity (Wildman–Crippen MR) is 114 cm³/mol. The summed E-state index contributed by atoms with van der Waals surface area (Å²) >= 11 is 6.30. The van der Waals surface area contributed by atoms with E-state index in [1.54, 1.807) is 34.8 Å². The van der Waals surface area contributed by atoms with E-state index < -0.39 is 21.7 Å². The molecule has 3 aromatic rings. The first-order chi connectivity index (χ1) is 14.0. The van der Waals surface area contributed by atoms with E-state index in [9.17, 15) is 17.6 Å². The number of aryl methyl sites for hydroxylation is 1. The van der Waals surface area contributed by atoms with Crippen LogP contribution in [0.25, 0.3) is 22.0 Å². The zero-order valence-electron chi connectivity index (χ0n) is 16.9. The Bertz CT molecular complexity index is 1240. The van der Waals surface area contributed by atoms with Crippen LogP contribution in [-0.4, -0.2) is 36.7 Å². The number of fused-ring (bicyclic) bond motifs is 1. The number of hydrogen-bond acceptors (Lipinski definition) is 5. The summed E-state index contributed by atoms with van der Waals surface area (Å²) in [7, 11) is -2.08. The zero-order valence-corrected chi connectivity index (χ0v) is 18.4. The van der Waals surface area contributed by atoms with E-state index in [4.69, 9.17) is 16.3 Å². The summed E-state index contributed by atoms with van der Waals surface area (Å²) in [5, 5.41) is 0.856. The fraction of sp³-hybridized carbons (Fsp3) is 0.300. The number of nitrogens with one attached hydrogen (secondary N) is 1. The number of nitrogens with zero attached hydrogens (tertiary/aromatic N) is 2. The number of aromatic nitrogens is 2. The maximum atomic E-state index is 14.6. The highest BCUT2D eigenvalue weighted by Crippen LogP contribution is 2.34. The largest absolute Gasteiger partial charge is 0.476 e. The SMILES string of the molecule is CC(C)COc1ncc(-c2cn(C)c3cc(C(=O)NS(C)(=O)=O)c(F)cc23)cc1Cl. The molecule has 1 aromatic carbocycles. The van der Waals surface area contributed by atoms with Gasteiger partial charge >= 0.3 is 0 Å². The topological polar surface area (TPSA) is 90.3 Å². The first-order valence-corrected chi connectivity index (χ1v) is 11.3. The van der Waals surface area contributed by atoms with Gasteiger partial charge in [0.25, 0.3) is 5.91 Å². The molecular weight excluding hydrogens is 433 g/mol. The first kappa shape index (κ1) is 22.0. The van der Waals surface area contributed by atoms with Gasteiger partial charge in [0, 0.05) is 41.5 Å². The second-order valence-electron chi connectivity index (χ2n) is 7.42. The lowest BCUT2D eigenvalue weighted by molar-refractivity contribution is 0.0978. The summed E-state index contributed by atoms with van der Waals surface area (Å²) in [6.45, 7) is 4.50. The summed E-state index contributed by atoms with van der Waals surface area (Å²) in [6.07, 6.45) is 4.16. The summed E-state index contributed by atoms with van der Waals surface area (Å²) in [4.78, 5) is 16.4. The van der Waals surface area contributed by atoms with Gasteiger partial charge in [-0.1, -0.05) is 25.4 Å². The van der Waals surface area contributed by atoms with Crippen molar-refractivity contribution < 1.29 is 22.3 Å². The highest BCUT2D eigenvalue weighted by atomic mass is 35.5. The van der Waals surface area contributed by atoms with E-state index >= 15 is 0 Å². The average Bonchev–Trinajstić information content (AvgIpc) is 2.94. The Morgan fingerprint density at radius 1 is 1.33 bits per heavy atom. The minimum Gasteiger partial charge on any atom is -0.476 e. The average molecular weight is 454 g/mol. The highest BCUT2D eigenvalue weighted by molar-refractivity contribution is 7.89. The number of carbonyl (C=O) groups is 1. The van der Waals surface area contributed by atoms with Crippen molar-refractivity contribution in [1.82, 2.24) is 14.3 Å². The van der Waals surface area contributed by atoms with Crippen molar-refractivity contribution in [2.24, 2.45) is 13.0 Å². The molecule has 3 rings (SSSR count). The van der Waals surface area contributed by atoms with Crippen LogP contribution in [0.15, 0.2) is 30.6 Å². The number of rotatable bonds is 6. The number of pyridine rings is 1. The molecule has 0 aliphatic heterocycles. The summed E-state index contributed by atoms with van der Waals surface area (Å²) < 4.78 is 46.3. The molecule has 0 spiro atoms. The number of hydrogen-bond donors (Lipinski definition) is 1. The van der Waals surface area contributed by atoms with Crippen molar-refractivity contribution in [2.75, 3.05) is 12.9 Å². The van der Waals surface area contributed by atoms with Gasteiger partial charge in [-0.15, -0.1) is 0 Å². The van der Waals surface area contributed by atoms with Crippen molar-refractivity contribution >= 4 is 38.4 Å². The summed E-state index contributed by atoms with van der Waals surface area (Å²) in [5.41, 5.74) is 1.48. The van der Waals surface area contributed by atoms with E-state index in [-0.39, 0.29) is 5.56 Å².